The van der Waals surface area contributed by atoms with Crippen LogP contribution in [0.2, 0.25) is 0 Å². The van der Waals surface area contributed by atoms with Gasteiger partial charge in [-0.1, -0.05) is 0 Å². The van der Waals surface area contributed by atoms with E-state index in [0.717, 1.165) is 0 Å². The molecule has 0 aliphatic carbocycles. The minimum atomic E-state index is -0.560. The third-order valence-electron chi connectivity index (χ3n) is 0.528. The van der Waals surface area contributed by atoms with Crippen LogP contribution in [0.25, 0.3) is 0 Å². The molecule has 0 aromatic carbocycles. The fraction of sp³-hybridized carbons (Fsp3) is 1.00. The molecule has 0 saturated heterocycles. The van der Waals surface area contributed by atoms with Gasteiger partial charge in [0.1, 0.15) is 0 Å². The van der Waals surface area contributed by atoms with E-state index in [2.05, 4.69) is 0 Å². The van der Waals surface area contributed by atoms with Gasteiger partial charge in [0.25, 0.3) is 0 Å². The monoisotopic (exact) mass is 169 g/mol. The van der Waals surface area contributed by atoms with E-state index in [4.69, 9.17) is 20.4 Å². The maximum atomic E-state index is 8.11. The zero-order valence-corrected chi connectivity index (χ0v) is 7.06. The third-order valence-corrected chi connectivity index (χ3v) is 0.528. The maximum Gasteiger partial charge on any atom is 0.0742 e. The number of hydrogen-bond acceptors (Lipinski definition) is 5. The summed E-state index contributed by atoms with van der Waals surface area (Å²) in [6.45, 7) is 2.78. The van der Waals surface area contributed by atoms with Gasteiger partial charge in [-0.05, 0) is 13.8 Å². The van der Waals surface area contributed by atoms with Crippen LogP contribution in [0.1, 0.15) is 13.8 Å². The standard InChI is InChI=1S/2C3H8O2.H3N/c2*1-3(5)2-4;/h2*3-5H,2H2,1H3;1H3. The molecule has 0 aliphatic rings. The van der Waals surface area contributed by atoms with Crippen molar-refractivity contribution >= 4 is 0 Å². The van der Waals surface area contributed by atoms with E-state index >= 15 is 0 Å². The Bertz CT molecular complexity index is 50.5. The third kappa shape index (κ3) is 41.3. The second-order valence-corrected chi connectivity index (χ2v) is 2.06. The molecule has 0 aliphatic heterocycles. The van der Waals surface area contributed by atoms with Crippen molar-refractivity contribution < 1.29 is 20.4 Å². The van der Waals surface area contributed by atoms with Gasteiger partial charge in [-0.15, -0.1) is 0 Å². The minimum Gasteiger partial charge on any atom is -0.394 e. The summed E-state index contributed by atoms with van der Waals surface area (Å²) in [6.07, 6.45) is -1.12. The molecule has 5 heteroatoms. The predicted octanol–water partition coefficient (Wildman–Crippen LogP) is -1.12. The summed E-state index contributed by atoms with van der Waals surface area (Å²) >= 11 is 0. The molecule has 7 N–H and O–H groups in total. The van der Waals surface area contributed by atoms with Gasteiger partial charge in [0.2, 0.25) is 0 Å². The smallest absolute Gasteiger partial charge is 0.0742 e. The largest absolute Gasteiger partial charge is 0.394 e. The van der Waals surface area contributed by atoms with Crippen LogP contribution in [-0.2, 0) is 0 Å². The molecule has 0 heterocycles. The van der Waals surface area contributed by atoms with Gasteiger partial charge < -0.3 is 26.6 Å². The Morgan fingerprint density at radius 1 is 0.909 bits per heavy atom. The predicted molar refractivity (Wildman–Crippen MR) is 42.6 cm³/mol. The van der Waals surface area contributed by atoms with Gasteiger partial charge >= 0.3 is 0 Å². The highest BCUT2D eigenvalue weighted by Crippen LogP contribution is 1.69. The van der Waals surface area contributed by atoms with Crippen molar-refractivity contribution in [2.45, 2.75) is 26.1 Å². The van der Waals surface area contributed by atoms with Crippen molar-refractivity contribution in [3.63, 3.8) is 0 Å². The molecule has 5 nitrogen and oxygen atoms in total. The highest BCUT2D eigenvalue weighted by atomic mass is 16.3. The highest BCUT2D eigenvalue weighted by Gasteiger charge is 1.83. The van der Waals surface area contributed by atoms with Crippen LogP contribution in [0.4, 0.5) is 0 Å². The molecule has 2 atom stereocenters. The van der Waals surface area contributed by atoms with Gasteiger partial charge in [0.15, 0.2) is 0 Å². The van der Waals surface area contributed by atoms with E-state index in [9.17, 15) is 0 Å². The fourth-order valence-electron chi connectivity index (χ4n) is 0. The summed E-state index contributed by atoms with van der Waals surface area (Å²) in [5.41, 5.74) is 0. The first kappa shape index (κ1) is 17.0. The molecule has 0 radical (unpaired) electrons. The molecule has 0 spiro atoms. The van der Waals surface area contributed by atoms with Crippen LogP contribution in [0, 0.1) is 0 Å². The summed E-state index contributed by atoms with van der Waals surface area (Å²) in [5, 5.41) is 32.0. The summed E-state index contributed by atoms with van der Waals surface area (Å²) < 4.78 is 0. The summed E-state index contributed by atoms with van der Waals surface area (Å²) in [4.78, 5) is 0. The SMILES string of the molecule is CC(O)CO.CC(O)CO.N. The Morgan fingerprint density at radius 2 is 1.00 bits per heavy atom. The molecule has 0 bridgehead atoms. The molecule has 11 heavy (non-hydrogen) atoms. The number of aliphatic hydroxyl groups excluding tert-OH is 4. The van der Waals surface area contributed by atoms with E-state index in [1.54, 1.807) is 0 Å². The molecule has 0 aromatic heterocycles. The summed E-state index contributed by atoms with van der Waals surface area (Å²) in [5.74, 6) is 0. The average Bonchev–Trinajstić information content (AvgIpc) is 1.89. The van der Waals surface area contributed by atoms with Crippen molar-refractivity contribution in [3.8, 4) is 0 Å². The highest BCUT2D eigenvalue weighted by molar-refractivity contribution is 4.34. The van der Waals surface area contributed by atoms with Gasteiger partial charge in [-0.25, -0.2) is 0 Å². The topological polar surface area (TPSA) is 116 Å². The minimum absolute atomic E-state index is 0. The quantitative estimate of drug-likeness (QED) is 0.359. The van der Waals surface area contributed by atoms with Crippen LogP contribution < -0.4 is 6.15 Å². The molecule has 72 valence electrons. The Balaban J connectivity index is -0.000000107. The van der Waals surface area contributed by atoms with Crippen LogP contribution in [0.15, 0.2) is 0 Å². The van der Waals surface area contributed by atoms with Crippen molar-refractivity contribution in [3.05, 3.63) is 0 Å². The first-order valence-electron chi connectivity index (χ1n) is 3.12. The second kappa shape index (κ2) is 12.5. The molecule has 0 amide bonds. The van der Waals surface area contributed by atoms with Crippen molar-refractivity contribution in [1.29, 1.82) is 0 Å². The fourth-order valence-corrected chi connectivity index (χ4v) is 0. The normalized spacial score (nSPS) is 13.6. The molecular weight excluding hydrogens is 150 g/mol. The van der Waals surface area contributed by atoms with Gasteiger partial charge in [0, 0.05) is 0 Å². The van der Waals surface area contributed by atoms with E-state index in [1.807, 2.05) is 0 Å². The molecule has 0 aromatic rings. The van der Waals surface area contributed by atoms with Gasteiger partial charge in [-0.2, -0.15) is 0 Å². The van der Waals surface area contributed by atoms with Crippen molar-refractivity contribution in [1.82, 2.24) is 6.15 Å². The lowest BCUT2D eigenvalue weighted by molar-refractivity contribution is 0.110. The number of rotatable bonds is 2. The first-order chi connectivity index (χ1) is 4.54. The van der Waals surface area contributed by atoms with Crippen LogP contribution in [0.5, 0.6) is 0 Å². The molecule has 0 fully saturated rings. The maximum absolute atomic E-state index is 8.11. The van der Waals surface area contributed by atoms with Crippen LogP contribution in [0.3, 0.4) is 0 Å². The van der Waals surface area contributed by atoms with Gasteiger partial charge in [-0.3, -0.25) is 0 Å². The van der Waals surface area contributed by atoms with E-state index < -0.39 is 12.2 Å². The lowest BCUT2D eigenvalue weighted by Gasteiger charge is -1.90. The molecule has 2 unspecified atom stereocenters. The number of hydrogen-bond donors (Lipinski definition) is 5. The first-order valence-corrected chi connectivity index (χ1v) is 3.12. The Hall–Kier alpha value is -0.200. The van der Waals surface area contributed by atoms with Crippen molar-refractivity contribution in [2.24, 2.45) is 0 Å². The zero-order valence-electron chi connectivity index (χ0n) is 7.06. The van der Waals surface area contributed by atoms with Crippen LogP contribution >= 0.6 is 0 Å². The van der Waals surface area contributed by atoms with Gasteiger partial charge in [0.05, 0.1) is 25.4 Å². The lowest BCUT2D eigenvalue weighted by atomic mass is 10.5. The molecular formula is C6H19NO4. The zero-order chi connectivity index (χ0) is 8.57. The Morgan fingerprint density at radius 3 is 1.00 bits per heavy atom. The second-order valence-electron chi connectivity index (χ2n) is 2.06. The summed E-state index contributed by atoms with van der Waals surface area (Å²) in [6, 6.07) is 0. The Kier molecular flexibility index (Phi) is 19.3. The number of aliphatic hydroxyl groups is 4. The van der Waals surface area contributed by atoms with E-state index in [-0.39, 0.29) is 19.4 Å². The summed E-state index contributed by atoms with van der Waals surface area (Å²) in [7, 11) is 0. The molecule has 0 rings (SSSR count). The Labute approximate surface area is 66.9 Å². The van der Waals surface area contributed by atoms with Crippen LogP contribution in [-0.4, -0.2) is 45.8 Å². The lowest BCUT2D eigenvalue weighted by Crippen LogP contribution is -2.03. The van der Waals surface area contributed by atoms with E-state index in [1.165, 1.54) is 13.8 Å². The average molecular weight is 169 g/mol. The van der Waals surface area contributed by atoms with E-state index in [0.29, 0.717) is 0 Å². The molecule has 0 saturated carbocycles. The van der Waals surface area contributed by atoms with Crippen molar-refractivity contribution in [2.75, 3.05) is 13.2 Å².